The third kappa shape index (κ3) is 5.77. The first-order valence-electron chi connectivity index (χ1n) is 8.85. The molecule has 0 saturated carbocycles. The van der Waals surface area contributed by atoms with Crippen molar-refractivity contribution in [2.75, 3.05) is 17.7 Å². The number of pyridine rings is 1. The van der Waals surface area contributed by atoms with E-state index in [2.05, 4.69) is 15.6 Å². The summed E-state index contributed by atoms with van der Waals surface area (Å²) in [6.45, 7) is 5.61. The molecule has 0 unspecified atom stereocenters. The number of hydrogen-bond donors (Lipinski definition) is 2. The van der Waals surface area contributed by atoms with Gasteiger partial charge in [0, 0.05) is 43.5 Å². The Bertz CT molecular complexity index is 825. The predicted octanol–water partition coefficient (Wildman–Crippen LogP) is 3.97. The average molecular weight is 372 g/mol. The van der Waals surface area contributed by atoms with E-state index in [9.17, 15) is 14.0 Å². The molecule has 0 saturated heterocycles. The SMILES string of the molecule is CCC(=O)Nc1ccc(F)c(NC(=O)N(C)[C@@H](C)Cc2cc(C)ccn2)c1. The van der Waals surface area contributed by atoms with Crippen molar-refractivity contribution in [1.29, 1.82) is 0 Å². The number of nitrogens with zero attached hydrogens (tertiary/aromatic N) is 2. The Labute approximate surface area is 158 Å². The van der Waals surface area contributed by atoms with Crippen molar-refractivity contribution in [3.63, 3.8) is 0 Å². The molecule has 2 aromatic rings. The molecule has 0 radical (unpaired) electrons. The van der Waals surface area contributed by atoms with E-state index in [0.29, 0.717) is 18.5 Å². The summed E-state index contributed by atoms with van der Waals surface area (Å²) in [5.41, 5.74) is 2.43. The number of urea groups is 1. The van der Waals surface area contributed by atoms with Crippen LogP contribution in [-0.2, 0) is 11.2 Å². The van der Waals surface area contributed by atoms with Crippen LogP contribution in [0.5, 0.6) is 0 Å². The lowest BCUT2D eigenvalue weighted by atomic mass is 10.1. The minimum absolute atomic E-state index is 0.0154. The van der Waals surface area contributed by atoms with Crippen LogP contribution < -0.4 is 10.6 Å². The number of anilines is 2. The smallest absolute Gasteiger partial charge is 0.321 e. The van der Waals surface area contributed by atoms with Crippen LogP contribution in [0.1, 0.15) is 31.5 Å². The van der Waals surface area contributed by atoms with Crippen LogP contribution in [-0.4, -0.2) is 34.9 Å². The Balaban J connectivity index is 2.04. The van der Waals surface area contributed by atoms with Gasteiger partial charge >= 0.3 is 6.03 Å². The average Bonchev–Trinajstić information content (AvgIpc) is 2.63. The van der Waals surface area contributed by atoms with Gasteiger partial charge in [0.25, 0.3) is 0 Å². The van der Waals surface area contributed by atoms with Gasteiger partial charge in [0.15, 0.2) is 0 Å². The molecule has 0 spiro atoms. The molecule has 6 nitrogen and oxygen atoms in total. The van der Waals surface area contributed by atoms with Crippen LogP contribution >= 0.6 is 0 Å². The van der Waals surface area contributed by atoms with E-state index < -0.39 is 11.8 Å². The van der Waals surface area contributed by atoms with Crippen LogP contribution in [0.4, 0.5) is 20.6 Å². The Morgan fingerprint density at radius 1 is 1.22 bits per heavy atom. The number of likely N-dealkylation sites (N-methyl/N-ethyl adjacent to an activating group) is 1. The third-order valence-corrected chi connectivity index (χ3v) is 4.27. The second kappa shape index (κ2) is 9.12. The molecule has 144 valence electrons. The molecule has 0 aliphatic carbocycles. The van der Waals surface area contributed by atoms with Crippen molar-refractivity contribution in [3.8, 4) is 0 Å². The van der Waals surface area contributed by atoms with Gasteiger partial charge in [-0.15, -0.1) is 0 Å². The van der Waals surface area contributed by atoms with E-state index in [4.69, 9.17) is 0 Å². The van der Waals surface area contributed by atoms with Crippen LogP contribution in [0.3, 0.4) is 0 Å². The topological polar surface area (TPSA) is 74.3 Å². The Kier molecular flexibility index (Phi) is 6.87. The standard InChI is InChI=1S/C20H25FN4O2/c1-5-19(26)23-15-6-7-17(21)18(12-15)24-20(27)25(4)14(3)11-16-10-13(2)8-9-22-16/h6-10,12,14H,5,11H2,1-4H3,(H,23,26)(H,24,27)/t14-/m0/s1. The molecule has 0 bridgehead atoms. The molecular formula is C20H25FN4O2. The summed E-state index contributed by atoms with van der Waals surface area (Å²) in [7, 11) is 1.65. The molecule has 0 fully saturated rings. The number of carbonyl (C=O) groups excluding carboxylic acids is 2. The summed E-state index contributed by atoms with van der Waals surface area (Å²) in [5, 5.41) is 5.20. The molecule has 1 atom stereocenters. The lowest BCUT2D eigenvalue weighted by Gasteiger charge is -2.25. The van der Waals surface area contributed by atoms with Gasteiger partial charge in [-0.25, -0.2) is 9.18 Å². The summed E-state index contributed by atoms with van der Waals surface area (Å²) in [5.74, 6) is -0.755. The van der Waals surface area contributed by atoms with E-state index in [1.807, 2.05) is 26.0 Å². The summed E-state index contributed by atoms with van der Waals surface area (Å²) in [6.07, 6.45) is 2.63. The number of aryl methyl sites for hydroxylation is 1. The minimum atomic E-state index is -0.570. The first kappa shape index (κ1) is 20.4. The fraction of sp³-hybridized carbons (Fsp3) is 0.350. The normalized spacial score (nSPS) is 11.6. The van der Waals surface area contributed by atoms with Gasteiger partial charge in [0.05, 0.1) is 5.69 Å². The lowest BCUT2D eigenvalue weighted by molar-refractivity contribution is -0.115. The quantitative estimate of drug-likeness (QED) is 0.806. The number of halogens is 1. The van der Waals surface area contributed by atoms with E-state index >= 15 is 0 Å². The maximum atomic E-state index is 14.0. The number of aromatic nitrogens is 1. The zero-order valence-electron chi connectivity index (χ0n) is 16.0. The van der Waals surface area contributed by atoms with Gasteiger partial charge in [-0.2, -0.15) is 0 Å². The van der Waals surface area contributed by atoms with Crippen LogP contribution in [0.2, 0.25) is 0 Å². The summed E-state index contributed by atoms with van der Waals surface area (Å²) < 4.78 is 14.0. The number of nitrogens with one attached hydrogen (secondary N) is 2. The molecule has 2 rings (SSSR count). The molecule has 2 N–H and O–H groups in total. The third-order valence-electron chi connectivity index (χ3n) is 4.27. The number of rotatable bonds is 6. The largest absolute Gasteiger partial charge is 0.326 e. The zero-order chi connectivity index (χ0) is 20.0. The maximum Gasteiger partial charge on any atom is 0.321 e. The van der Waals surface area contributed by atoms with E-state index in [1.165, 1.54) is 23.1 Å². The van der Waals surface area contributed by atoms with E-state index in [0.717, 1.165) is 11.3 Å². The zero-order valence-corrected chi connectivity index (χ0v) is 16.0. The highest BCUT2D eigenvalue weighted by Gasteiger charge is 2.18. The lowest BCUT2D eigenvalue weighted by Crippen LogP contribution is -2.39. The summed E-state index contributed by atoms with van der Waals surface area (Å²) in [4.78, 5) is 29.8. The molecule has 3 amide bonds. The number of benzene rings is 1. The maximum absolute atomic E-state index is 14.0. The second-order valence-corrected chi connectivity index (χ2v) is 6.52. The highest BCUT2D eigenvalue weighted by Crippen LogP contribution is 2.20. The van der Waals surface area contributed by atoms with E-state index in [1.54, 1.807) is 20.2 Å². The second-order valence-electron chi connectivity index (χ2n) is 6.52. The molecule has 1 aromatic heterocycles. The summed E-state index contributed by atoms with van der Waals surface area (Å²) >= 11 is 0. The molecule has 7 heteroatoms. The van der Waals surface area contributed by atoms with Gasteiger partial charge in [-0.05, 0) is 49.7 Å². The number of amides is 3. The molecule has 1 aromatic carbocycles. The molecule has 27 heavy (non-hydrogen) atoms. The van der Waals surface area contributed by atoms with Crippen molar-refractivity contribution in [2.24, 2.45) is 0 Å². The van der Waals surface area contributed by atoms with Crippen LogP contribution in [0.15, 0.2) is 36.5 Å². The van der Waals surface area contributed by atoms with Crippen LogP contribution in [0.25, 0.3) is 0 Å². The molecule has 0 aliphatic heterocycles. The highest BCUT2D eigenvalue weighted by atomic mass is 19.1. The number of hydrogen-bond acceptors (Lipinski definition) is 3. The monoisotopic (exact) mass is 372 g/mol. The van der Waals surface area contributed by atoms with Crippen molar-refractivity contribution in [1.82, 2.24) is 9.88 Å². The first-order valence-corrected chi connectivity index (χ1v) is 8.85. The van der Waals surface area contributed by atoms with Crippen molar-refractivity contribution in [3.05, 3.63) is 53.6 Å². The van der Waals surface area contributed by atoms with Gasteiger partial charge in [-0.3, -0.25) is 9.78 Å². The molecular weight excluding hydrogens is 347 g/mol. The fourth-order valence-corrected chi connectivity index (χ4v) is 2.50. The Morgan fingerprint density at radius 3 is 2.63 bits per heavy atom. The van der Waals surface area contributed by atoms with Crippen molar-refractivity contribution in [2.45, 2.75) is 39.7 Å². The van der Waals surface area contributed by atoms with Crippen molar-refractivity contribution >= 4 is 23.3 Å². The first-order chi connectivity index (χ1) is 12.8. The van der Waals surface area contributed by atoms with Crippen molar-refractivity contribution < 1.29 is 14.0 Å². The van der Waals surface area contributed by atoms with Gasteiger partial charge in [0.2, 0.25) is 5.91 Å². The molecule has 1 heterocycles. The van der Waals surface area contributed by atoms with E-state index in [-0.39, 0.29) is 17.6 Å². The Morgan fingerprint density at radius 2 is 1.96 bits per heavy atom. The highest BCUT2D eigenvalue weighted by molar-refractivity contribution is 5.93. The number of carbonyl (C=O) groups is 2. The summed E-state index contributed by atoms with van der Waals surface area (Å²) in [6, 6.07) is 7.38. The van der Waals surface area contributed by atoms with Gasteiger partial charge < -0.3 is 15.5 Å². The fourth-order valence-electron chi connectivity index (χ4n) is 2.50. The van der Waals surface area contributed by atoms with Gasteiger partial charge in [-0.1, -0.05) is 6.92 Å². The van der Waals surface area contributed by atoms with Crippen LogP contribution in [0, 0.1) is 12.7 Å². The Hall–Kier alpha value is -2.96. The van der Waals surface area contributed by atoms with Gasteiger partial charge in [0.1, 0.15) is 5.82 Å². The minimum Gasteiger partial charge on any atom is -0.326 e. The molecule has 0 aliphatic rings. The predicted molar refractivity (Wildman–Crippen MR) is 104 cm³/mol.